The number of carbonyl (C=O) groups is 1. The maximum atomic E-state index is 13.1. The molecule has 0 bridgehead atoms. The molecule has 4 aromatic rings. The lowest BCUT2D eigenvalue weighted by Gasteiger charge is -2.12. The lowest BCUT2D eigenvalue weighted by molar-refractivity contribution is 0.0952. The number of hydrogen-bond donors (Lipinski definition) is 2. The number of rotatable bonds is 6. The molecule has 0 spiro atoms. The van der Waals surface area contributed by atoms with E-state index in [2.05, 4.69) is 25.3 Å². The number of aryl methyl sites for hydroxylation is 1. The monoisotopic (exact) mass is 448 g/mol. The summed E-state index contributed by atoms with van der Waals surface area (Å²) in [4.78, 5) is 53.5. The summed E-state index contributed by atoms with van der Waals surface area (Å²) in [6, 6.07) is 5.43. The molecule has 0 saturated heterocycles. The molecule has 0 aliphatic heterocycles. The van der Waals surface area contributed by atoms with Crippen LogP contribution >= 0.6 is 11.3 Å². The quantitative estimate of drug-likeness (QED) is 0.467. The maximum Gasteiger partial charge on any atom is 0.329 e. The number of fused-ring (bicyclic) bond motifs is 1. The van der Waals surface area contributed by atoms with Gasteiger partial charge in [0.15, 0.2) is 5.65 Å². The van der Waals surface area contributed by atoms with Gasteiger partial charge < -0.3 is 5.32 Å². The molecule has 4 aromatic heterocycles. The fourth-order valence-electron chi connectivity index (χ4n) is 3.65. The lowest BCUT2D eigenvalue weighted by Crippen LogP contribution is -2.33. The van der Waals surface area contributed by atoms with Crippen LogP contribution < -0.4 is 16.6 Å². The number of H-pyrrole nitrogens is 1. The van der Waals surface area contributed by atoms with E-state index in [0.717, 1.165) is 34.8 Å². The molecule has 10 heteroatoms. The third kappa shape index (κ3) is 3.73. The van der Waals surface area contributed by atoms with Crippen molar-refractivity contribution in [3.05, 3.63) is 73.1 Å². The van der Waals surface area contributed by atoms with Crippen LogP contribution in [0.25, 0.3) is 22.3 Å². The van der Waals surface area contributed by atoms with Crippen LogP contribution in [0.3, 0.4) is 0 Å². The molecule has 1 aliphatic rings. The summed E-state index contributed by atoms with van der Waals surface area (Å²) < 4.78 is 1.39. The van der Waals surface area contributed by atoms with E-state index in [-0.39, 0.29) is 29.1 Å². The summed E-state index contributed by atoms with van der Waals surface area (Å²) in [5.74, 6) is -0.140. The first-order valence-corrected chi connectivity index (χ1v) is 11.2. The molecule has 5 rings (SSSR count). The SMILES string of the molecule is CCn1c(=O)[nH]c(=O)c2c(C(=O)NCc3nc(-c4ccncc4)cs3)cc(C3CC3)nc21. The smallest absolute Gasteiger partial charge is 0.329 e. The summed E-state index contributed by atoms with van der Waals surface area (Å²) in [6.45, 7) is 2.36. The topological polar surface area (TPSA) is 123 Å². The highest BCUT2D eigenvalue weighted by Crippen LogP contribution is 2.39. The zero-order valence-corrected chi connectivity index (χ0v) is 18.1. The van der Waals surface area contributed by atoms with Crippen molar-refractivity contribution in [2.75, 3.05) is 0 Å². The van der Waals surface area contributed by atoms with Crippen molar-refractivity contribution in [2.24, 2.45) is 0 Å². The van der Waals surface area contributed by atoms with E-state index in [9.17, 15) is 14.4 Å². The zero-order chi connectivity index (χ0) is 22.2. The molecule has 0 aromatic carbocycles. The van der Waals surface area contributed by atoms with Crippen molar-refractivity contribution in [1.82, 2.24) is 29.8 Å². The number of pyridine rings is 2. The Labute approximate surface area is 186 Å². The van der Waals surface area contributed by atoms with Gasteiger partial charge in [0, 0.05) is 41.5 Å². The molecule has 1 saturated carbocycles. The van der Waals surface area contributed by atoms with Gasteiger partial charge >= 0.3 is 5.69 Å². The predicted octanol–water partition coefficient (Wildman–Crippen LogP) is 2.43. The Morgan fingerprint density at radius 2 is 2.03 bits per heavy atom. The van der Waals surface area contributed by atoms with Gasteiger partial charge in [0.1, 0.15) is 5.01 Å². The largest absolute Gasteiger partial charge is 0.345 e. The molecule has 1 aliphatic carbocycles. The molecule has 0 radical (unpaired) electrons. The Morgan fingerprint density at radius 1 is 1.25 bits per heavy atom. The molecular weight excluding hydrogens is 428 g/mol. The number of nitrogens with one attached hydrogen (secondary N) is 2. The van der Waals surface area contributed by atoms with E-state index in [4.69, 9.17) is 0 Å². The van der Waals surface area contributed by atoms with Gasteiger partial charge in [0.05, 0.1) is 23.2 Å². The maximum absolute atomic E-state index is 13.1. The van der Waals surface area contributed by atoms with Gasteiger partial charge in [-0.3, -0.25) is 24.1 Å². The van der Waals surface area contributed by atoms with Crippen molar-refractivity contribution < 1.29 is 4.79 Å². The van der Waals surface area contributed by atoms with Crippen molar-refractivity contribution in [2.45, 2.75) is 38.8 Å². The fraction of sp³-hybridized carbons (Fsp3) is 0.273. The number of hydrogen-bond acceptors (Lipinski definition) is 7. The molecule has 32 heavy (non-hydrogen) atoms. The van der Waals surface area contributed by atoms with Crippen LogP contribution in [0.5, 0.6) is 0 Å². The van der Waals surface area contributed by atoms with E-state index >= 15 is 0 Å². The summed E-state index contributed by atoms with van der Waals surface area (Å²) >= 11 is 1.44. The molecule has 162 valence electrons. The van der Waals surface area contributed by atoms with Gasteiger partial charge in [0.25, 0.3) is 11.5 Å². The van der Waals surface area contributed by atoms with Crippen LogP contribution in [0.15, 0.2) is 45.6 Å². The average molecular weight is 449 g/mol. The first-order chi connectivity index (χ1) is 15.5. The van der Waals surface area contributed by atoms with Gasteiger partial charge in [-0.15, -0.1) is 11.3 Å². The fourth-order valence-corrected chi connectivity index (χ4v) is 4.40. The standard InChI is InChI=1S/C22H20N6O3S/c1-2-28-19-18(21(30)27-22(28)31)14(9-15(26-19)12-3-4-12)20(29)24-10-17-25-16(11-32-17)13-5-7-23-8-6-13/h5-9,11-12H,2-4,10H2,1H3,(H,24,29)(H,27,30,31). The number of aromatic amines is 1. The van der Waals surface area contributed by atoms with Gasteiger partial charge in [-0.25, -0.2) is 14.8 Å². The van der Waals surface area contributed by atoms with Crippen molar-refractivity contribution in [1.29, 1.82) is 0 Å². The van der Waals surface area contributed by atoms with Crippen LogP contribution in [0.2, 0.25) is 0 Å². The Kier molecular flexibility index (Phi) is 5.14. The number of carbonyl (C=O) groups excluding carboxylic acids is 1. The molecule has 0 unspecified atom stereocenters. The highest BCUT2D eigenvalue weighted by atomic mass is 32.1. The van der Waals surface area contributed by atoms with Crippen LogP contribution in [0.4, 0.5) is 0 Å². The molecular formula is C22H20N6O3S. The Morgan fingerprint density at radius 3 is 2.75 bits per heavy atom. The molecule has 0 atom stereocenters. The van der Waals surface area contributed by atoms with Crippen LogP contribution in [-0.2, 0) is 13.1 Å². The zero-order valence-electron chi connectivity index (χ0n) is 17.3. The van der Waals surface area contributed by atoms with E-state index in [1.54, 1.807) is 25.4 Å². The van der Waals surface area contributed by atoms with Crippen molar-refractivity contribution in [3.8, 4) is 11.3 Å². The number of aromatic nitrogens is 5. The average Bonchev–Trinajstić information content (AvgIpc) is 3.55. The van der Waals surface area contributed by atoms with Crippen LogP contribution in [0.1, 0.15) is 46.7 Å². The van der Waals surface area contributed by atoms with Crippen molar-refractivity contribution >= 4 is 28.3 Å². The Balaban J connectivity index is 1.48. The second kappa shape index (κ2) is 8.12. The normalized spacial score (nSPS) is 13.4. The van der Waals surface area contributed by atoms with E-state index in [0.29, 0.717) is 6.54 Å². The molecule has 4 heterocycles. The van der Waals surface area contributed by atoms with Gasteiger partial charge in [0.2, 0.25) is 0 Å². The van der Waals surface area contributed by atoms with Crippen LogP contribution in [-0.4, -0.2) is 30.4 Å². The summed E-state index contributed by atoms with van der Waals surface area (Å²) in [5.41, 5.74) is 1.86. The Hall–Kier alpha value is -3.66. The summed E-state index contributed by atoms with van der Waals surface area (Å²) in [5, 5.41) is 5.66. The second-order valence-corrected chi connectivity index (χ2v) is 8.56. The lowest BCUT2D eigenvalue weighted by atomic mass is 10.1. The highest BCUT2D eigenvalue weighted by Gasteiger charge is 2.28. The number of thiazole rings is 1. The summed E-state index contributed by atoms with van der Waals surface area (Å²) in [7, 11) is 0. The molecule has 1 amide bonds. The minimum absolute atomic E-state index is 0.130. The first-order valence-electron chi connectivity index (χ1n) is 10.4. The highest BCUT2D eigenvalue weighted by molar-refractivity contribution is 7.09. The Bertz CT molecular complexity index is 1440. The minimum atomic E-state index is -0.607. The number of nitrogens with zero attached hydrogens (tertiary/aromatic N) is 4. The van der Waals surface area contributed by atoms with Gasteiger partial charge in [-0.1, -0.05) is 0 Å². The van der Waals surface area contributed by atoms with Crippen molar-refractivity contribution in [3.63, 3.8) is 0 Å². The van der Waals surface area contributed by atoms with Gasteiger partial charge in [-0.05, 0) is 38.0 Å². The van der Waals surface area contributed by atoms with E-state index in [1.165, 1.54) is 15.9 Å². The third-order valence-electron chi connectivity index (χ3n) is 5.45. The number of amides is 1. The van der Waals surface area contributed by atoms with Gasteiger partial charge in [-0.2, -0.15) is 0 Å². The second-order valence-electron chi connectivity index (χ2n) is 7.62. The molecule has 9 nitrogen and oxygen atoms in total. The van der Waals surface area contributed by atoms with E-state index in [1.807, 2.05) is 17.5 Å². The molecule has 1 fully saturated rings. The molecule has 2 N–H and O–H groups in total. The predicted molar refractivity (Wildman–Crippen MR) is 121 cm³/mol. The third-order valence-corrected chi connectivity index (χ3v) is 6.30. The summed E-state index contributed by atoms with van der Waals surface area (Å²) in [6.07, 6.45) is 5.37. The van der Waals surface area contributed by atoms with Crippen LogP contribution in [0, 0.1) is 0 Å². The first kappa shape index (κ1) is 20.3. The van der Waals surface area contributed by atoms with E-state index < -0.39 is 17.2 Å². The minimum Gasteiger partial charge on any atom is -0.345 e.